The Morgan fingerprint density at radius 2 is 1.94 bits per heavy atom. The molecule has 4 rings (SSSR count). The second-order valence-corrected chi connectivity index (χ2v) is 7.25. The standard InChI is InChI=1S/C21H18F4N4O3/c22-15-2-1-3-17(10-15)29(19(30)13-6-8-31-9-7-13)12-16-5-4-14(11-26-16)18-27-20(32-28-18)21(23,24)25/h1-5,10-11,13H,6-9,12H2. The van der Waals surface area contributed by atoms with Crippen molar-refractivity contribution >= 4 is 11.6 Å². The summed E-state index contributed by atoms with van der Waals surface area (Å²) in [5.41, 5.74) is 1.07. The normalized spacial score (nSPS) is 15.0. The predicted octanol–water partition coefficient (Wildman–Crippen LogP) is 4.25. The molecule has 7 nitrogen and oxygen atoms in total. The fraction of sp³-hybridized carbons (Fsp3) is 0.333. The minimum absolute atomic E-state index is 0.0555. The van der Waals surface area contributed by atoms with Crippen LogP contribution in [0.3, 0.4) is 0 Å². The monoisotopic (exact) mass is 450 g/mol. The number of pyridine rings is 1. The van der Waals surface area contributed by atoms with Gasteiger partial charge in [0.25, 0.3) is 0 Å². The third-order valence-electron chi connectivity index (χ3n) is 5.03. The third kappa shape index (κ3) is 4.93. The number of anilines is 1. The number of halogens is 4. The van der Waals surface area contributed by atoms with E-state index in [4.69, 9.17) is 4.74 Å². The number of carbonyl (C=O) groups excluding carboxylic acids is 1. The summed E-state index contributed by atoms with van der Waals surface area (Å²) in [5, 5.41) is 3.33. The zero-order valence-electron chi connectivity index (χ0n) is 16.7. The van der Waals surface area contributed by atoms with Crippen molar-refractivity contribution in [1.82, 2.24) is 15.1 Å². The Kier molecular flexibility index (Phi) is 6.17. The molecule has 0 spiro atoms. The first-order valence-electron chi connectivity index (χ1n) is 9.82. The summed E-state index contributed by atoms with van der Waals surface area (Å²) in [6, 6.07) is 8.72. The number of hydrogen-bond acceptors (Lipinski definition) is 6. The molecule has 0 aliphatic carbocycles. The first kappa shape index (κ1) is 21.9. The number of hydrogen-bond donors (Lipinski definition) is 0. The van der Waals surface area contributed by atoms with E-state index in [2.05, 4.69) is 19.6 Å². The highest BCUT2D eigenvalue weighted by atomic mass is 19.4. The second-order valence-electron chi connectivity index (χ2n) is 7.25. The highest BCUT2D eigenvalue weighted by molar-refractivity contribution is 5.95. The topological polar surface area (TPSA) is 81.4 Å². The van der Waals surface area contributed by atoms with Gasteiger partial charge in [-0.25, -0.2) is 4.39 Å². The number of ether oxygens (including phenoxy) is 1. The lowest BCUT2D eigenvalue weighted by molar-refractivity contribution is -0.159. The molecule has 0 saturated carbocycles. The quantitative estimate of drug-likeness (QED) is 0.541. The summed E-state index contributed by atoms with van der Waals surface area (Å²) in [7, 11) is 0. The van der Waals surface area contributed by atoms with Gasteiger partial charge in [-0.15, -0.1) is 0 Å². The maximum Gasteiger partial charge on any atom is 0.471 e. The van der Waals surface area contributed by atoms with Crippen LogP contribution in [0.25, 0.3) is 11.4 Å². The Morgan fingerprint density at radius 3 is 2.56 bits per heavy atom. The van der Waals surface area contributed by atoms with Gasteiger partial charge in [-0.1, -0.05) is 11.2 Å². The van der Waals surface area contributed by atoms with Crippen LogP contribution in [0.1, 0.15) is 24.4 Å². The van der Waals surface area contributed by atoms with E-state index in [0.29, 0.717) is 37.4 Å². The number of carbonyl (C=O) groups is 1. The van der Waals surface area contributed by atoms with Crippen molar-refractivity contribution in [3.63, 3.8) is 0 Å². The lowest BCUT2D eigenvalue weighted by Gasteiger charge is -2.29. The summed E-state index contributed by atoms with van der Waals surface area (Å²) in [5.74, 6) is -2.61. The molecular weight excluding hydrogens is 432 g/mol. The summed E-state index contributed by atoms with van der Waals surface area (Å²) in [6.45, 7) is 1.01. The summed E-state index contributed by atoms with van der Waals surface area (Å²) >= 11 is 0. The number of benzene rings is 1. The molecule has 0 unspecified atom stereocenters. The van der Waals surface area contributed by atoms with Gasteiger partial charge in [-0.2, -0.15) is 18.2 Å². The van der Waals surface area contributed by atoms with E-state index in [0.717, 1.165) is 0 Å². The molecule has 1 aromatic carbocycles. The first-order chi connectivity index (χ1) is 15.3. The molecule has 168 valence electrons. The van der Waals surface area contributed by atoms with Gasteiger partial charge in [0.1, 0.15) is 5.82 Å². The molecule has 1 fully saturated rings. The number of nitrogens with zero attached hydrogens (tertiary/aromatic N) is 4. The number of aromatic nitrogens is 3. The van der Waals surface area contributed by atoms with Crippen molar-refractivity contribution in [2.24, 2.45) is 5.92 Å². The van der Waals surface area contributed by atoms with Crippen molar-refractivity contribution in [2.45, 2.75) is 25.6 Å². The van der Waals surface area contributed by atoms with Crippen LogP contribution in [-0.4, -0.2) is 34.2 Å². The Bertz CT molecular complexity index is 1080. The number of rotatable bonds is 5. The Hall–Kier alpha value is -3.34. The lowest BCUT2D eigenvalue weighted by atomic mass is 9.98. The zero-order valence-corrected chi connectivity index (χ0v) is 16.7. The zero-order chi connectivity index (χ0) is 22.7. The van der Waals surface area contributed by atoms with Crippen LogP contribution in [0.5, 0.6) is 0 Å². The molecule has 3 heterocycles. The molecule has 0 N–H and O–H groups in total. The molecule has 3 aromatic rings. The molecule has 0 atom stereocenters. The number of amides is 1. The van der Waals surface area contributed by atoms with Crippen molar-refractivity contribution in [1.29, 1.82) is 0 Å². The molecule has 1 aliphatic heterocycles. The van der Waals surface area contributed by atoms with Crippen LogP contribution in [0.2, 0.25) is 0 Å². The van der Waals surface area contributed by atoms with Gasteiger partial charge >= 0.3 is 12.1 Å². The average molecular weight is 450 g/mol. The van der Waals surface area contributed by atoms with E-state index in [1.165, 1.54) is 35.4 Å². The van der Waals surface area contributed by atoms with Crippen LogP contribution in [0, 0.1) is 11.7 Å². The molecule has 0 radical (unpaired) electrons. The smallest absolute Gasteiger partial charge is 0.381 e. The fourth-order valence-electron chi connectivity index (χ4n) is 3.37. The van der Waals surface area contributed by atoms with Gasteiger partial charge in [0.15, 0.2) is 0 Å². The largest absolute Gasteiger partial charge is 0.471 e. The van der Waals surface area contributed by atoms with E-state index in [9.17, 15) is 22.4 Å². The maximum absolute atomic E-state index is 13.8. The van der Waals surface area contributed by atoms with Gasteiger partial charge in [-0.05, 0) is 43.2 Å². The molecule has 32 heavy (non-hydrogen) atoms. The van der Waals surface area contributed by atoms with E-state index in [1.54, 1.807) is 12.1 Å². The maximum atomic E-state index is 13.8. The Balaban J connectivity index is 1.56. The summed E-state index contributed by atoms with van der Waals surface area (Å²) in [6.07, 6.45) is -2.32. The molecule has 11 heteroatoms. The third-order valence-corrected chi connectivity index (χ3v) is 5.03. The Morgan fingerprint density at radius 1 is 1.16 bits per heavy atom. The van der Waals surface area contributed by atoms with Crippen molar-refractivity contribution in [3.8, 4) is 11.4 Å². The van der Waals surface area contributed by atoms with Crippen molar-refractivity contribution < 1.29 is 31.6 Å². The second kappa shape index (κ2) is 9.03. The molecule has 1 saturated heterocycles. The van der Waals surface area contributed by atoms with Crippen LogP contribution < -0.4 is 4.90 Å². The van der Waals surface area contributed by atoms with Crippen LogP contribution in [0.15, 0.2) is 47.1 Å². The van der Waals surface area contributed by atoms with E-state index >= 15 is 0 Å². The van der Waals surface area contributed by atoms with Gasteiger partial charge in [0.2, 0.25) is 11.7 Å². The average Bonchev–Trinajstić information content (AvgIpc) is 3.29. The minimum Gasteiger partial charge on any atom is -0.381 e. The fourth-order valence-corrected chi connectivity index (χ4v) is 3.37. The van der Waals surface area contributed by atoms with E-state index in [1.807, 2.05) is 0 Å². The molecule has 1 aliphatic rings. The van der Waals surface area contributed by atoms with Crippen molar-refractivity contribution in [2.75, 3.05) is 18.1 Å². The lowest BCUT2D eigenvalue weighted by Crippen LogP contribution is -2.38. The van der Waals surface area contributed by atoms with Crippen molar-refractivity contribution in [3.05, 3.63) is 60.0 Å². The predicted molar refractivity (Wildman–Crippen MR) is 104 cm³/mol. The van der Waals surface area contributed by atoms with Gasteiger partial charge in [-0.3, -0.25) is 9.78 Å². The van der Waals surface area contributed by atoms with Crippen LogP contribution >= 0.6 is 0 Å². The minimum atomic E-state index is -4.74. The molecule has 1 amide bonds. The Labute approximate surface area is 180 Å². The molecular formula is C21H18F4N4O3. The summed E-state index contributed by atoms with van der Waals surface area (Å²) in [4.78, 5) is 22.2. The van der Waals surface area contributed by atoms with Gasteiger partial charge in [0.05, 0.1) is 12.2 Å². The first-order valence-corrected chi connectivity index (χ1v) is 9.82. The van der Waals surface area contributed by atoms with E-state index in [-0.39, 0.29) is 29.8 Å². The van der Waals surface area contributed by atoms with Gasteiger partial charge in [0, 0.05) is 36.6 Å². The van der Waals surface area contributed by atoms with E-state index < -0.39 is 17.9 Å². The summed E-state index contributed by atoms with van der Waals surface area (Å²) < 4.78 is 61.4. The highest BCUT2D eigenvalue weighted by Gasteiger charge is 2.38. The SMILES string of the molecule is O=C(C1CCOCC1)N(Cc1ccc(-c2noc(C(F)(F)F)n2)cn1)c1cccc(F)c1. The highest BCUT2D eigenvalue weighted by Crippen LogP contribution is 2.29. The molecule has 0 bridgehead atoms. The van der Waals surface area contributed by atoms with Crippen LogP contribution in [-0.2, 0) is 22.3 Å². The number of alkyl halides is 3. The molecule has 2 aromatic heterocycles. The van der Waals surface area contributed by atoms with Gasteiger partial charge < -0.3 is 14.2 Å². The van der Waals surface area contributed by atoms with Crippen LogP contribution in [0.4, 0.5) is 23.2 Å².